The molecule has 7 heteroatoms. The van der Waals surface area contributed by atoms with Gasteiger partial charge in [-0.25, -0.2) is 0 Å². The van der Waals surface area contributed by atoms with E-state index < -0.39 is 0 Å². The number of carbonyl (C=O) groups is 2. The van der Waals surface area contributed by atoms with Crippen molar-refractivity contribution in [1.82, 2.24) is 10.6 Å². The van der Waals surface area contributed by atoms with Crippen molar-refractivity contribution in [3.63, 3.8) is 0 Å². The van der Waals surface area contributed by atoms with Gasteiger partial charge in [0.2, 0.25) is 0 Å². The molecule has 0 radical (unpaired) electrons. The lowest BCUT2D eigenvalue weighted by atomic mass is 10.1. The van der Waals surface area contributed by atoms with Crippen LogP contribution in [0.4, 0.5) is 0 Å². The number of ether oxygens (including phenoxy) is 2. The van der Waals surface area contributed by atoms with Crippen LogP contribution in [0.5, 0.6) is 0 Å². The molecule has 0 atom stereocenters. The Balaban J connectivity index is 2.49. The van der Waals surface area contributed by atoms with Gasteiger partial charge in [0.15, 0.2) is 0 Å². The Hall–Kier alpha value is -1.96. The first kappa shape index (κ1) is 20.1. The van der Waals surface area contributed by atoms with E-state index in [1.165, 1.54) is 6.07 Å². The molecule has 1 rings (SSSR count). The number of hydrogen-bond acceptors (Lipinski definition) is 5. The first-order valence-corrected chi connectivity index (χ1v) is 8.03. The molecule has 0 heterocycles. The first-order chi connectivity index (χ1) is 11.6. The molecule has 0 fully saturated rings. The summed E-state index contributed by atoms with van der Waals surface area (Å²) in [6.07, 6.45) is 0. The molecular weight excluding hydrogens is 312 g/mol. The maximum Gasteiger partial charge on any atom is 0.251 e. The molecule has 0 aliphatic heterocycles. The summed E-state index contributed by atoms with van der Waals surface area (Å²) >= 11 is 0. The maximum atomic E-state index is 12.2. The van der Waals surface area contributed by atoms with E-state index in [1.54, 1.807) is 12.1 Å². The fourth-order valence-electron chi connectivity index (χ4n) is 2.02. The minimum absolute atomic E-state index is 0.131. The lowest BCUT2D eigenvalue weighted by Crippen LogP contribution is -2.29. The average molecular weight is 338 g/mol. The third-order valence-corrected chi connectivity index (χ3v) is 3.11. The zero-order valence-corrected chi connectivity index (χ0v) is 14.3. The summed E-state index contributed by atoms with van der Waals surface area (Å²) in [7, 11) is 0. The molecule has 24 heavy (non-hydrogen) atoms. The second-order valence-corrected chi connectivity index (χ2v) is 5.13. The number of aryl methyl sites for hydroxylation is 1. The van der Waals surface area contributed by atoms with E-state index in [-0.39, 0.29) is 25.0 Å². The third kappa shape index (κ3) is 7.54. The molecule has 0 bridgehead atoms. The van der Waals surface area contributed by atoms with Crippen LogP contribution in [-0.4, -0.2) is 63.0 Å². The van der Waals surface area contributed by atoms with Crippen LogP contribution in [0, 0.1) is 6.92 Å². The summed E-state index contributed by atoms with van der Waals surface area (Å²) in [6.45, 7) is 6.23. The molecule has 1 aromatic carbocycles. The van der Waals surface area contributed by atoms with Gasteiger partial charge in [-0.15, -0.1) is 0 Å². The Morgan fingerprint density at radius 2 is 1.54 bits per heavy atom. The SMILES string of the molecule is CCOCCOCCNC(=O)c1cc(C)cc(C(=O)NCCO)c1. The van der Waals surface area contributed by atoms with E-state index in [4.69, 9.17) is 14.6 Å². The van der Waals surface area contributed by atoms with Gasteiger partial charge in [-0.1, -0.05) is 0 Å². The summed E-state index contributed by atoms with van der Waals surface area (Å²) in [5, 5.41) is 14.1. The van der Waals surface area contributed by atoms with Gasteiger partial charge in [-0.2, -0.15) is 0 Å². The van der Waals surface area contributed by atoms with Crippen molar-refractivity contribution in [3.8, 4) is 0 Å². The molecule has 2 amide bonds. The molecule has 0 saturated carbocycles. The van der Waals surface area contributed by atoms with Gasteiger partial charge in [-0.05, 0) is 37.6 Å². The van der Waals surface area contributed by atoms with Gasteiger partial charge < -0.3 is 25.2 Å². The Morgan fingerprint density at radius 3 is 2.12 bits per heavy atom. The first-order valence-electron chi connectivity index (χ1n) is 8.03. The number of carbonyl (C=O) groups excluding carboxylic acids is 2. The number of nitrogens with one attached hydrogen (secondary N) is 2. The van der Waals surface area contributed by atoms with Crippen molar-refractivity contribution in [2.75, 3.05) is 46.1 Å². The van der Waals surface area contributed by atoms with E-state index in [2.05, 4.69) is 10.6 Å². The number of amides is 2. The molecule has 0 saturated heterocycles. The van der Waals surface area contributed by atoms with Crippen molar-refractivity contribution in [2.45, 2.75) is 13.8 Å². The van der Waals surface area contributed by atoms with Crippen LogP contribution < -0.4 is 10.6 Å². The number of aliphatic hydroxyl groups is 1. The number of aliphatic hydroxyl groups excluding tert-OH is 1. The molecule has 0 aromatic heterocycles. The molecule has 0 spiro atoms. The Kier molecular flexibility index (Phi) is 9.67. The summed E-state index contributed by atoms with van der Waals surface area (Å²) in [4.78, 5) is 24.1. The van der Waals surface area contributed by atoms with Crippen LogP contribution >= 0.6 is 0 Å². The standard InChI is InChI=1S/C17H26N2O5/c1-3-23-8-9-24-7-5-19-17(22)15-11-13(2)10-14(12-15)16(21)18-4-6-20/h10-12,20H,3-9H2,1-2H3,(H,18,21)(H,19,22). The largest absolute Gasteiger partial charge is 0.395 e. The Bertz CT molecular complexity index is 534. The molecule has 7 nitrogen and oxygen atoms in total. The van der Waals surface area contributed by atoms with E-state index >= 15 is 0 Å². The highest BCUT2D eigenvalue weighted by Crippen LogP contribution is 2.10. The molecule has 1 aromatic rings. The van der Waals surface area contributed by atoms with Gasteiger partial charge >= 0.3 is 0 Å². The van der Waals surface area contributed by atoms with E-state index in [9.17, 15) is 9.59 Å². The van der Waals surface area contributed by atoms with Crippen LogP contribution in [0.1, 0.15) is 33.2 Å². The van der Waals surface area contributed by atoms with Crippen molar-refractivity contribution in [1.29, 1.82) is 0 Å². The van der Waals surface area contributed by atoms with Crippen molar-refractivity contribution < 1.29 is 24.2 Å². The minimum Gasteiger partial charge on any atom is -0.395 e. The topological polar surface area (TPSA) is 96.9 Å². The fraction of sp³-hybridized carbons (Fsp3) is 0.529. The second kappa shape index (κ2) is 11.6. The van der Waals surface area contributed by atoms with Gasteiger partial charge in [0.1, 0.15) is 0 Å². The predicted octanol–water partition coefficient (Wildman–Crippen LogP) is 0.500. The fourth-order valence-corrected chi connectivity index (χ4v) is 2.02. The number of rotatable bonds is 11. The molecule has 0 unspecified atom stereocenters. The normalized spacial score (nSPS) is 10.5. The van der Waals surface area contributed by atoms with Crippen LogP contribution in [-0.2, 0) is 9.47 Å². The van der Waals surface area contributed by atoms with Crippen molar-refractivity contribution in [2.24, 2.45) is 0 Å². The van der Waals surface area contributed by atoms with Gasteiger partial charge in [0, 0.05) is 30.8 Å². The third-order valence-electron chi connectivity index (χ3n) is 3.11. The summed E-state index contributed by atoms with van der Waals surface area (Å²) < 4.78 is 10.5. The van der Waals surface area contributed by atoms with Gasteiger partial charge in [0.25, 0.3) is 11.8 Å². The lowest BCUT2D eigenvalue weighted by molar-refractivity contribution is 0.0531. The highest BCUT2D eigenvalue weighted by molar-refractivity contribution is 6.00. The van der Waals surface area contributed by atoms with Gasteiger partial charge in [0.05, 0.1) is 26.4 Å². The van der Waals surface area contributed by atoms with E-state index in [0.29, 0.717) is 44.1 Å². The van der Waals surface area contributed by atoms with Crippen LogP contribution in [0.25, 0.3) is 0 Å². The van der Waals surface area contributed by atoms with Crippen molar-refractivity contribution >= 4 is 11.8 Å². The molecular formula is C17H26N2O5. The summed E-state index contributed by atoms with van der Waals surface area (Å²) in [6, 6.07) is 4.94. The van der Waals surface area contributed by atoms with Gasteiger partial charge in [-0.3, -0.25) is 9.59 Å². The molecule has 0 aliphatic carbocycles. The van der Waals surface area contributed by atoms with Crippen LogP contribution in [0.2, 0.25) is 0 Å². The number of benzene rings is 1. The summed E-state index contributed by atoms with van der Waals surface area (Å²) in [5.41, 5.74) is 1.62. The molecule has 3 N–H and O–H groups in total. The zero-order valence-electron chi connectivity index (χ0n) is 14.3. The molecule has 134 valence electrons. The lowest BCUT2D eigenvalue weighted by Gasteiger charge is -2.09. The predicted molar refractivity (Wildman–Crippen MR) is 90.2 cm³/mol. The second-order valence-electron chi connectivity index (χ2n) is 5.13. The van der Waals surface area contributed by atoms with Crippen LogP contribution in [0.3, 0.4) is 0 Å². The Labute approximate surface area is 142 Å². The molecule has 0 aliphatic rings. The van der Waals surface area contributed by atoms with Crippen molar-refractivity contribution in [3.05, 3.63) is 34.9 Å². The number of hydrogen-bond donors (Lipinski definition) is 3. The summed E-state index contributed by atoms with van der Waals surface area (Å²) in [5.74, 6) is -0.579. The highest BCUT2D eigenvalue weighted by Gasteiger charge is 2.11. The van der Waals surface area contributed by atoms with E-state index in [0.717, 1.165) is 5.56 Å². The highest BCUT2D eigenvalue weighted by atomic mass is 16.5. The van der Waals surface area contributed by atoms with E-state index in [1.807, 2.05) is 13.8 Å². The smallest absolute Gasteiger partial charge is 0.251 e. The Morgan fingerprint density at radius 1 is 0.958 bits per heavy atom. The monoisotopic (exact) mass is 338 g/mol. The average Bonchev–Trinajstić information content (AvgIpc) is 2.58. The van der Waals surface area contributed by atoms with Crippen LogP contribution in [0.15, 0.2) is 18.2 Å². The zero-order chi connectivity index (χ0) is 17.8. The maximum absolute atomic E-state index is 12.2. The minimum atomic E-state index is -0.318. The quantitative estimate of drug-likeness (QED) is 0.511.